The van der Waals surface area contributed by atoms with Gasteiger partial charge in [-0.2, -0.15) is 0 Å². The molecule has 0 bridgehead atoms. The van der Waals surface area contributed by atoms with E-state index in [1.165, 1.54) is 19.4 Å². The third-order valence-electron chi connectivity index (χ3n) is 5.54. The Bertz CT molecular complexity index is 680. The molecule has 0 aliphatic carbocycles. The van der Waals surface area contributed by atoms with Gasteiger partial charge in [-0.1, -0.05) is 6.07 Å². The highest BCUT2D eigenvalue weighted by Crippen LogP contribution is 2.20. The van der Waals surface area contributed by atoms with Crippen LogP contribution in [0.3, 0.4) is 0 Å². The topological polar surface area (TPSA) is 66.2 Å². The Labute approximate surface area is 154 Å². The number of piperazine rings is 1. The predicted molar refractivity (Wildman–Crippen MR) is 99.7 cm³/mol. The van der Waals surface area contributed by atoms with Gasteiger partial charge in [-0.05, 0) is 47.9 Å². The van der Waals surface area contributed by atoms with Crippen LogP contribution in [0.5, 0.6) is 0 Å². The summed E-state index contributed by atoms with van der Waals surface area (Å²) < 4.78 is 1.78. The van der Waals surface area contributed by atoms with Crippen molar-refractivity contribution >= 4 is 5.82 Å². The summed E-state index contributed by atoms with van der Waals surface area (Å²) in [6, 6.07) is 6.15. The van der Waals surface area contributed by atoms with Crippen molar-refractivity contribution in [1.29, 1.82) is 0 Å². The molecule has 2 fully saturated rings. The van der Waals surface area contributed by atoms with E-state index in [1.54, 1.807) is 4.68 Å². The van der Waals surface area contributed by atoms with Crippen LogP contribution in [0.25, 0.3) is 0 Å². The van der Waals surface area contributed by atoms with Gasteiger partial charge in [0.15, 0.2) is 5.82 Å². The Hall–Kier alpha value is -2.06. The Morgan fingerprint density at radius 2 is 1.96 bits per heavy atom. The van der Waals surface area contributed by atoms with E-state index in [1.807, 2.05) is 19.3 Å². The summed E-state index contributed by atoms with van der Waals surface area (Å²) in [6.45, 7) is 8.73. The highest BCUT2D eigenvalue weighted by molar-refractivity contribution is 5.38. The first-order valence-electron chi connectivity index (χ1n) is 9.60. The summed E-state index contributed by atoms with van der Waals surface area (Å²) in [6.07, 6.45) is 4.48. The lowest BCUT2D eigenvalue weighted by molar-refractivity contribution is 0.122. The molecule has 2 saturated heterocycles. The number of piperidine rings is 1. The minimum atomic E-state index is 0.742. The van der Waals surface area contributed by atoms with Gasteiger partial charge in [-0.15, -0.1) is 5.10 Å². The SMILES string of the molecule is Cn1nnnc1CN1CCCC(CN2CCN(c3ccccn3)CC2)C1. The molecule has 1 atom stereocenters. The third kappa shape index (κ3) is 4.19. The largest absolute Gasteiger partial charge is 0.354 e. The minimum absolute atomic E-state index is 0.742. The molecule has 0 aromatic carbocycles. The second-order valence-corrected chi connectivity index (χ2v) is 7.44. The van der Waals surface area contributed by atoms with E-state index in [2.05, 4.69) is 47.3 Å². The van der Waals surface area contributed by atoms with Crippen LogP contribution in [0.4, 0.5) is 5.82 Å². The molecular formula is C18H28N8. The molecular weight excluding hydrogens is 328 g/mol. The van der Waals surface area contributed by atoms with Gasteiger partial charge in [0, 0.05) is 52.5 Å². The first-order chi connectivity index (χ1) is 12.8. The molecule has 140 valence electrons. The maximum atomic E-state index is 4.48. The van der Waals surface area contributed by atoms with E-state index in [-0.39, 0.29) is 0 Å². The highest BCUT2D eigenvalue weighted by Gasteiger charge is 2.25. The molecule has 2 aliphatic rings. The van der Waals surface area contributed by atoms with Gasteiger partial charge in [0.1, 0.15) is 5.82 Å². The number of aryl methyl sites for hydroxylation is 1. The van der Waals surface area contributed by atoms with Gasteiger partial charge in [0.05, 0.1) is 6.54 Å². The first kappa shape index (κ1) is 17.4. The van der Waals surface area contributed by atoms with Crippen molar-refractivity contribution in [1.82, 2.24) is 35.0 Å². The quantitative estimate of drug-likeness (QED) is 0.779. The average Bonchev–Trinajstić information content (AvgIpc) is 3.08. The second kappa shape index (κ2) is 8.09. The maximum absolute atomic E-state index is 4.48. The Morgan fingerprint density at radius 3 is 2.69 bits per heavy atom. The molecule has 0 saturated carbocycles. The Morgan fingerprint density at radius 1 is 1.08 bits per heavy atom. The normalized spacial score (nSPS) is 22.7. The van der Waals surface area contributed by atoms with Crippen LogP contribution in [-0.2, 0) is 13.6 Å². The van der Waals surface area contributed by atoms with Crippen molar-refractivity contribution < 1.29 is 0 Å². The number of pyridine rings is 1. The molecule has 26 heavy (non-hydrogen) atoms. The smallest absolute Gasteiger partial charge is 0.164 e. The maximum Gasteiger partial charge on any atom is 0.164 e. The van der Waals surface area contributed by atoms with Gasteiger partial charge in [-0.3, -0.25) is 9.80 Å². The molecule has 0 radical (unpaired) electrons. The zero-order valence-electron chi connectivity index (χ0n) is 15.5. The van der Waals surface area contributed by atoms with Gasteiger partial charge in [0.2, 0.25) is 0 Å². The van der Waals surface area contributed by atoms with Crippen molar-refractivity contribution in [2.45, 2.75) is 19.4 Å². The van der Waals surface area contributed by atoms with E-state index in [4.69, 9.17) is 0 Å². The standard InChI is InChI=1S/C18H28N8/c1-23-18(20-21-22-23)15-25-8-4-5-16(14-25)13-24-9-11-26(12-10-24)17-6-2-3-7-19-17/h2-3,6-7,16H,4-5,8-15H2,1H3. The fraction of sp³-hybridized carbons (Fsp3) is 0.667. The lowest BCUT2D eigenvalue weighted by atomic mass is 9.97. The first-order valence-corrected chi connectivity index (χ1v) is 9.60. The van der Waals surface area contributed by atoms with Gasteiger partial charge >= 0.3 is 0 Å². The van der Waals surface area contributed by atoms with E-state index in [0.29, 0.717) is 0 Å². The molecule has 4 rings (SSSR count). The summed E-state index contributed by atoms with van der Waals surface area (Å²) in [5.41, 5.74) is 0. The monoisotopic (exact) mass is 356 g/mol. The summed E-state index contributed by atoms with van der Waals surface area (Å²) in [5, 5.41) is 11.8. The lowest BCUT2D eigenvalue weighted by Gasteiger charge is -2.39. The van der Waals surface area contributed by atoms with Crippen LogP contribution in [-0.4, -0.2) is 80.8 Å². The van der Waals surface area contributed by atoms with E-state index in [9.17, 15) is 0 Å². The number of rotatable bonds is 5. The lowest BCUT2D eigenvalue weighted by Crippen LogP contribution is -2.49. The van der Waals surface area contributed by atoms with Crippen LogP contribution >= 0.6 is 0 Å². The van der Waals surface area contributed by atoms with Crippen LogP contribution in [0, 0.1) is 5.92 Å². The highest BCUT2D eigenvalue weighted by atomic mass is 15.5. The number of aromatic nitrogens is 5. The van der Waals surface area contributed by atoms with Crippen LogP contribution < -0.4 is 4.90 Å². The number of anilines is 1. The molecule has 8 heteroatoms. The van der Waals surface area contributed by atoms with Crippen molar-refractivity contribution in [2.24, 2.45) is 13.0 Å². The molecule has 2 aromatic rings. The van der Waals surface area contributed by atoms with Gasteiger partial charge in [0.25, 0.3) is 0 Å². The molecule has 1 unspecified atom stereocenters. The Balaban J connectivity index is 1.25. The number of tetrazole rings is 1. The third-order valence-corrected chi connectivity index (χ3v) is 5.54. The number of likely N-dealkylation sites (tertiary alicyclic amines) is 1. The van der Waals surface area contributed by atoms with E-state index < -0.39 is 0 Å². The van der Waals surface area contributed by atoms with E-state index >= 15 is 0 Å². The molecule has 2 aliphatic heterocycles. The van der Waals surface area contributed by atoms with Gasteiger partial charge in [-0.25, -0.2) is 9.67 Å². The molecule has 0 amide bonds. The molecule has 8 nitrogen and oxygen atoms in total. The fourth-order valence-electron chi connectivity index (χ4n) is 4.09. The average molecular weight is 356 g/mol. The number of hydrogen-bond acceptors (Lipinski definition) is 7. The van der Waals surface area contributed by atoms with E-state index in [0.717, 1.165) is 63.4 Å². The van der Waals surface area contributed by atoms with Crippen molar-refractivity contribution in [3.05, 3.63) is 30.2 Å². The van der Waals surface area contributed by atoms with Crippen LogP contribution in [0.15, 0.2) is 24.4 Å². The molecule has 0 N–H and O–H groups in total. The summed E-state index contributed by atoms with van der Waals surface area (Å²) in [4.78, 5) is 12.0. The van der Waals surface area contributed by atoms with Crippen molar-refractivity contribution in [3.8, 4) is 0 Å². The zero-order valence-corrected chi connectivity index (χ0v) is 15.5. The van der Waals surface area contributed by atoms with Gasteiger partial charge < -0.3 is 4.90 Å². The summed E-state index contributed by atoms with van der Waals surface area (Å²) >= 11 is 0. The van der Waals surface area contributed by atoms with Crippen LogP contribution in [0.2, 0.25) is 0 Å². The molecule has 2 aromatic heterocycles. The Kier molecular flexibility index (Phi) is 5.40. The van der Waals surface area contributed by atoms with Crippen LogP contribution in [0.1, 0.15) is 18.7 Å². The molecule has 0 spiro atoms. The predicted octanol–water partition coefficient (Wildman–Crippen LogP) is 0.639. The fourth-order valence-corrected chi connectivity index (χ4v) is 4.09. The number of hydrogen-bond donors (Lipinski definition) is 0. The van der Waals surface area contributed by atoms with Crippen molar-refractivity contribution in [2.75, 3.05) is 50.7 Å². The summed E-state index contributed by atoms with van der Waals surface area (Å²) in [5.74, 6) is 2.80. The number of nitrogens with zero attached hydrogens (tertiary/aromatic N) is 8. The summed E-state index contributed by atoms with van der Waals surface area (Å²) in [7, 11) is 1.91. The molecule has 4 heterocycles. The van der Waals surface area contributed by atoms with Crippen molar-refractivity contribution in [3.63, 3.8) is 0 Å². The second-order valence-electron chi connectivity index (χ2n) is 7.44. The minimum Gasteiger partial charge on any atom is -0.354 e. The zero-order chi connectivity index (χ0) is 17.8.